The molecule has 0 saturated carbocycles. The number of Topliss-reactive ketones (excluding diaryl/α,β-unsaturated/α-hetero) is 1. The van der Waals surface area contributed by atoms with E-state index in [4.69, 9.17) is 21.7 Å². The van der Waals surface area contributed by atoms with Crippen molar-refractivity contribution in [1.82, 2.24) is 14.8 Å². The molecule has 0 amide bonds. The maximum Gasteiger partial charge on any atom is 0.227 e. The molecule has 0 bridgehead atoms. The predicted molar refractivity (Wildman–Crippen MR) is 114 cm³/mol. The number of halogens is 1. The average Bonchev–Trinajstić information content (AvgIpc) is 3.02. The Balaban J connectivity index is 1.78. The van der Waals surface area contributed by atoms with Gasteiger partial charge in [0.1, 0.15) is 6.04 Å². The molecular formula is C21H25ClN4OS. The van der Waals surface area contributed by atoms with Crippen molar-refractivity contribution in [2.24, 2.45) is 5.41 Å². The fourth-order valence-corrected chi connectivity index (χ4v) is 4.95. The summed E-state index contributed by atoms with van der Waals surface area (Å²) in [4.78, 5) is 17.8. The van der Waals surface area contributed by atoms with Gasteiger partial charge in [0.05, 0.1) is 0 Å². The molecule has 148 valence electrons. The van der Waals surface area contributed by atoms with Crippen LogP contribution in [0.2, 0.25) is 5.02 Å². The van der Waals surface area contributed by atoms with E-state index in [9.17, 15) is 4.79 Å². The SMILES string of the molecule is CCCCSc1nc2n(n1)[C@H](c1ccc(Cl)cc1)C1=C(CC(C)(C)CC1=O)N2. The summed E-state index contributed by atoms with van der Waals surface area (Å²) in [6, 6.07) is 7.42. The van der Waals surface area contributed by atoms with Crippen LogP contribution in [0.15, 0.2) is 40.7 Å². The number of rotatable bonds is 5. The van der Waals surface area contributed by atoms with Gasteiger partial charge in [-0.15, -0.1) is 5.10 Å². The highest BCUT2D eigenvalue weighted by Crippen LogP contribution is 2.45. The Labute approximate surface area is 174 Å². The molecule has 0 radical (unpaired) electrons. The predicted octanol–water partition coefficient (Wildman–Crippen LogP) is 5.48. The van der Waals surface area contributed by atoms with Crippen LogP contribution in [-0.2, 0) is 4.79 Å². The smallest absolute Gasteiger partial charge is 0.227 e. The second-order valence-electron chi connectivity index (χ2n) is 8.28. The fraction of sp³-hybridized carbons (Fsp3) is 0.476. The van der Waals surface area contributed by atoms with Gasteiger partial charge in [-0.05, 0) is 36.0 Å². The van der Waals surface area contributed by atoms with E-state index in [1.807, 2.05) is 28.9 Å². The molecule has 1 aromatic heterocycles. The molecule has 7 heteroatoms. The first-order valence-electron chi connectivity index (χ1n) is 9.76. The Hall–Kier alpha value is -1.79. The van der Waals surface area contributed by atoms with E-state index in [0.29, 0.717) is 17.4 Å². The van der Waals surface area contributed by atoms with Crippen molar-refractivity contribution in [2.75, 3.05) is 11.1 Å². The van der Waals surface area contributed by atoms with Crippen molar-refractivity contribution >= 4 is 35.1 Å². The number of benzene rings is 1. The van der Waals surface area contributed by atoms with Gasteiger partial charge in [0.25, 0.3) is 0 Å². The molecule has 2 heterocycles. The van der Waals surface area contributed by atoms with Crippen molar-refractivity contribution in [3.63, 3.8) is 0 Å². The zero-order chi connectivity index (χ0) is 19.9. The third-order valence-electron chi connectivity index (χ3n) is 5.23. The third-order valence-corrected chi connectivity index (χ3v) is 6.40. The second kappa shape index (κ2) is 7.56. The molecule has 2 aliphatic rings. The van der Waals surface area contributed by atoms with Gasteiger partial charge in [-0.3, -0.25) is 4.79 Å². The summed E-state index contributed by atoms with van der Waals surface area (Å²) in [5.41, 5.74) is 2.73. The Morgan fingerprint density at radius 3 is 2.75 bits per heavy atom. The van der Waals surface area contributed by atoms with Crippen molar-refractivity contribution in [3.8, 4) is 0 Å². The molecule has 1 aliphatic heterocycles. The number of hydrogen-bond donors (Lipinski definition) is 1. The number of hydrogen-bond acceptors (Lipinski definition) is 5. The van der Waals surface area contributed by atoms with Crippen LogP contribution in [-0.4, -0.2) is 26.3 Å². The van der Waals surface area contributed by atoms with Gasteiger partial charge in [0, 0.05) is 28.5 Å². The van der Waals surface area contributed by atoms with Gasteiger partial charge in [0.2, 0.25) is 11.1 Å². The lowest BCUT2D eigenvalue weighted by atomic mass is 9.73. The minimum absolute atomic E-state index is 0.0612. The third kappa shape index (κ3) is 3.72. The Bertz CT molecular complexity index is 932. The molecule has 2 aromatic rings. The maximum atomic E-state index is 13.1. The second-order valence-corrected chi connectivity index (χ2v) is 9.78. The number of nitrogens with zero attached hydrogens (tertiary/aromatic N) is 3. The lowest BCUT2D eigenvalue weighted by molar-refractivity contribution is -0.118. The van der Waals surface area contributed by atoms with Crippen LogP contribution in [0, 0.1) is 5.41 Å². The van der Waals surface area contributed by atoms with Gasteiger partial charge in [0.15, 0.2) is 5.78 Å². The van der Waals surface area contributed by atoms with E-state index >= 15 is 0 Å². The molecule has 0 saturated heterocycles. The van der Waals surface area contributed by atoms with Crippen molar-refractivity contribution < 1.29 is 4.79 Å². The van der Waals surface area contributed by atoms with E-state index in [2.05, 4.69) is 26.1 Å². The fourth-order valence-electron chi connectivity index (χ4n) is 3.91. The number of nitrogens with one attached hydrogen (secondary N) is 1. The molecule has 0 spiro atoms. The van der Waals surface area contributed by atoms with Crippen LogP contribution in [0.25, 0.3) is 0 Å². The molecule has 1 aromatic carbocycles. The van der Waals surface area contributed by atoms with E-state index in [1.165, 1.54) is 0 Å². The number of carbonyl (C=O) groups is 1. The van der Waals surface area contributed by atoms with Gasteiger partial charge in [-0.1, -0.05) is 62.7 Å². The number of allylic oxidation sites excluding steroid dienone is 2. The van der Waals surface area contributed by atoms with E-state index in [-0.39, 0.29) is 17.2 Å². The first-order chi connectivity index (χ1) is 13.4. The maximum absolute atomic E-state index is 13.1. The van der Waals surface area contributed by atoms with Gasteiger partial charge in [-0.2, -0.15) is 4.98 Å². The van der Waals surface area contributed by atoms with Crippen LogP contribution >= 0.6 is 23.4 Å². The number of unbranched alkanes of at least 4 members (excludes halogenated alkanes) is 1. The minimum Gasteiger partial charge on any atom is -0.328 e. The largest absolute Gasteiger partial charge is 0.328 e. The molecule has 1 aliphatic carbocycles. The number of anilines is 1. The monoisotopic (exact) mass is 416 g/mol. The molecule has 4 rings (SSSR count). The van der Waals surface area contributed by atoms with Crippen LogP contribution in [0.4, 0.5) is 5.95 Å². The molecule has 0 fully saturated rings. The average molecular weight is 417 g/mol. The molecule has 1 atom stereocenters. The highest BCUT2D eigenvalue weighted by Gasteiger charge is 2.41. The number of aromatic nitrogens is 3. The van der Waals surface area contributed by atoms with Crippen LogP contribution in [0.3, 0.4) is 0 Å². The van der Waals surface area contributed by atoms with E-state index in [1.54, 1.807) is 11.8 Å². The summed E-state index contributed by atoms with van der Waals surface area (Å²) in [7, 11) is 0. The highest BCUT2D eigenvalue weighted by atomic mass is 35.5. The standard InChI is InChI=1S/C21H25ClN4OS/c1-4-5-10-28-20-24-19-23-15-11-21(2,3)12-16(27)17(15)18(26(19)25-20)13-6-8-14(22)9-7-13/h6-9,18H,4-5,10-12H2,1-3H3,(H,23,24,25)/t18-/m1/s1. The topological polar surface area (TPSA) is 59.8 Å². The van der Waals surface area contributed by atoms with E-state index < -0.39 is 0 Å². The Morgan fingerprint density at radius 1 is 1.29 bits per heavy atom. The van der Waals surface area contributed by atoms with Crippen LogP contribution in [0.5, 0.6) is 0 Å². The summed E-state index contributed by atoms with van der Waals surface area (Å²) in [5, 5.41) is 9.60. The summed E-state index contributed by atoms with van der Waals surface area (Å²) < 4.78 is 1.87. The van der Waals surface area contributed by atoms with Crippen molar-refractivity contribution in [3.05, 3.63) is 46.1 Å². The van der Waals surface area contributed by atoms with Crippen LogP contribution in [0.1, 0.15) is 58.1 Å². The summed E-state index contributed by atoms with van der Waals surface area (Å²) in [6.45, 7) is 6.45. The normalized spacial score (nSPS) is 20.6. The Kier molecular flexibility index (Phi) is 5.27. The molecule has 1 N–H and O–H groups in total. The van der Waals surface area contributed by atoms with E-state index in [0.717, 1.165) is 47.0 Å². The summed E-state index contributed by atoms with van der Waals surface area (Å²) in [5.74, 6) is 1.88. The van der Waals surface area contributed by atoms with Crippen molar-refractivity contribution in [1.29, 1.82) is 0 Å². The summed E-state index contributed by atoms with van der Waals surface area (Å²) >= 11 is 7.76. The van der Waals surface area contributed by atoms with Gasteiger partial charge >= 0.3 is 0 Å². The number of thioether (sulfide) groups is 1. The zero-order valence-corrected chi connectivity index (χ0v) is 18.0. The van der Waals surface area contributed by atoms with Crippen LogP contribution < -0.4 is 5.32 Å². The first kappa shape index (κ1) is 19.5. The zero-order valence-electron chi connectivity index (χ0n) is 16.5. The first-order valence-corrected chi connectivity index (χ1v) is 11.1. The highest BCUT2D eigenvalue weighted by molar-refractivity contribution is 7.99. The Morgan fingerprint density at radius 2 is 2.04 bits per heavy atom. The summed E-state index contributed by atoms with van der Waals surface area (Å²) in [6.07, 6.45) is 3.64. The number of ketones is 1. The van der Waals surface area contributed by atoms with Gasteiger partial charge in [-0.25, -0.2) is 4.68 Å². The number of carbonyl (C=O) groups excluding carboxylic acids is 1. The lowest BCUT2D eigenvalue weighted by Gasteiger charge is -2.38. The minimum atomic E-state index is -0.264. The number of fused-ring (bicyclic) bond motifs is 1. The quantitative estimate of drug-likeness (QED) is 0.516. The molecular weight excluding hydrogens is 392 g/mol. The molecule has 28 heavy (non-hydrogen) atoms. The lowest BCUT2D eigenvalue weighted by Crippen LogP contribution is -2.36. The molecule has 0 unspecified atom stereocenters. The molecule has 5 nitrogen and oxygen atoms in total. The van der Waals surface area contributed by atoms with Crippen molar-refractivity contribution in [2.45, 2.75) is 57.7 Å². The van der Waals surface area contributed by atoms with Gasteiger partial charge < -0.3 is 5.32 Å².